The van der Waals surface area contributed by atoms with E-state index >= 15 is 0 Å². The molecule has 0 bridgehead atoms. The Morgan fingerprint density at radius 3 is 2.72 bits per heavy atom. The maximum atomic E-state index is 8.67. The van der Waals surface area contributed by atoms with Crippen molar-refractivity contribution in [3.8, 4) is 0 Å². The fourth-order valence-corrected chi connectivity index (χ4v) is 2.21. The summed E-state index contributed by atoms with van der Waals surface area (Å²) in [5.41, 5.74) is 7.74. The highest BCUT2D eigenvalue weighted by molar-refractivity contribution is 7.99. The Balaban J connectivity index is 2.31. The van der Waals surface area contributed by atoms with Crippen molar-refractivity contribution in [2.24, 2.45) is 10.9 Å². The predicted molar refractivity (Wildman–Crippen MR) is 66.8 cm³/mol. The highest BCUT2D eigenvalue weighted by Crippen LogP contribution is 2.26. The third-order valence-corrected chi connectivity index (χ3v) is 2.90. The van der Waals surface area contributed by atoms with Crippen LogP contribution in [0.2, 0.25) is 0 Å². The molecule has 2 aromatic rings. The molecule has 94 valence electrons. The van der Waals surface area contributed by atoms with Gasteiger partial charge < -0.3 is 15.4 Å². The first-order valence-electron chi connectivity index (χ1n) is 5.15. The van der Waals surface area contributed by atoms with Crippen LogP contribution in [0.25, 0.3) is 0 Å². The summed E-state index contributed by atoms with van der Waals surface area (Å²) in [4.78, 5) is 8.50. The lowest BCUT2D eigenvalue weighted by molar-refractivity contribution is 0.318. The van der Waals surface area contributed by atoms with Crippen LogP contribution in [0, 0.1) is 13.8 Å². The Morgan fingerprint density at radius 1 is 1.33 bits per heavy atom. The third-order valence-electron chi connectivity index (χ3n) is 2.12. The number of aryl methyl sites for hydroxylation is 2. The summed E-state index contributed by atoms with van der Waals surface area (Å²) in [6.07, 6.45) is 1.57. The van der Waals surface area contributed by atoms with Gasteiger partial charge in [-0.2, -0.15) is 0 Å². The number of nitrogens with two attached hydrogens (primary N) is 1. The van der Waals surface area contributed by atoms with Crippen LogP contribution >= 0.6 is 11.8 Å². The van der Waals surface area contributed by atoms with Crippen LogP contribution < -0.4 is 5.73 Å². The van der Waals surface area contributed by atoms with E-state index in [2.05, 4.69) is 15.1 Å². The molecule has 6 nitrogen and oxygen atoms in total. The maximum absolute atomic E-state index is 8.67. The van der Waals surface area contributed by atoms with Gasteiger partial charge in [0.25, 0.3) is 5.22 Å². The summed E-state index contributed by atoms with van der Waals surface area (Å²) in [7, 11) is 0. The minimum absolute atomic E-state index is 0.0472. The molecule has 0 saturated carbocycles. The van der Waals surface area contributed by atoms with E-state index in [0.29, 0.717) is 15.8 Å². The molecule has 0 fully saturated rings. The first-order chi connectivity index (χ1) is 8.58. The quantitative estimate of drug-likeness (QED) is 0.380. The van der Waals surface area contributed by atoms with Crippen LogP contribution in [-0.2, 0) is 0 Å². The topological polar surface area (TPSA) is 97.5 Å². The molecule has 0 atom stereocenters. The van der Waals surface area contributed by atoms with Crippen molar-refractivity contribution in [1.29, 1.82) is 0 Å². The smallest absolute Gasteiger partial charge is 0.262 e. The highest BCUT2D eigenvalue weighted by atomic mass is 32.2. The van der Waals surface area contributed by atoms with Gasteiger partial charge in [0, 0.05) is 11.3 Å². The molecule has 7 heteroatoms. The van der Waals surface area contributed by atoms with Gasteiger partial charge in [-0.1, -0.05) is 5.16 Å². The predicted octanol–water partition coefficient (Wildman–Crippen LogP) is 1.93. The fourth-order valence-electron chi connectivity index (χ4n) is 1.36. The molecule has 0 aliphatic rings. The molecular weight excluding hydrogens is 252 g/mol. The summed E-state index contributed by atoms with van der Waals surface area (Å²) in [6.45, 7) is 3.68. The van der Waals surface area contributed by atoms with E-state index in [1.165, 1.54) is 11.8 Å². The fraction of sp³-hybridized carbons (Fsp3) is 0.182. The van der Waals surface area contributed by atoms with Crippen molar-refractivity contribution in [2.45, 2.75) is 24.1 Å². The Labute approximate surface area is 108 Å². The summed E-state index contributed by atoms with van der Waals surface area (Å²) in [5.74, 6) is 0.0472. The van der Waals surface area contributed by atoms with Crippen LogP contribution in [0.3, 0.4) is 0 Å². The van der Waals surface area contributed by atoms with Crippen molar-refractivity contribution in [3.05, 3.63) is 35.3 Å². The van der Waals surface area contributed by atoms with Crippen LogP contribution in [0.5, 0.6) is 0 Å². The van der Waals surface area contributed by atoms with E-state index in [0.717, 1.165) is 11.4 Å². The Morgan fingerprint density at radius 2 is 2.11 bits per heavy atom. The normalized spacial score (nSPS) is 11.8. The average Bonchev–Trinajstić information content (AvgIpc) is 2.73. The number of oxazole rings is 1. The molecule has 0 saturated heterocycles. The average molecular weight is 264 g/mol. The number of aromatic nitrogens is 2. The van der Waals surface area contributed by atoms with Gasteiger partial charge >= 0.3 is 0 Å². The summed E-state index contributed by atoms with van der Waals surface area (Å²) in [6, 6.07) is 3.45. The first-order valence-corrected chi connectivity index (χ1v) is 5.96. The van der Waals surface area contributed by atoms with E-state index in [1.54, 1.807) is 18.4 Å². The van der Waals surface area contributed by atoms with Crippen molar-refractivity contribution in [3.63, 3.8) is 0 Å². The SMILES string of the molecule is Cc1cc(/C(N)=N/O)cc(Sc2nc(C)co2)n1. The summed E-state index contributed by atoms with van der Waals surface area (Å²) < 4.78 is 5.24. The Bertz CT molecular complexity index is 594. The minimum atomic E-state index is 0.0472. The molecule has 0 amide bonds. The van der Waals surface area contributed by atoms with Gasteiger partial charge in [-0.05, 0) is 37.7 Å². The molecule has 18 heavy (non-hydrogen) atoms. The lowest BCUT2D eigenvalue weighted by Gasteiger charge is -2.03. The molecular formula is C11H12N4O2S. The number of hydrogen-bond donors (Lipinski definition) is 2. The van der Waals surface area contributed by atoms with Crippen LogP contribution in [0.4, 0.5) is 0 Å². The second-order valence-corrected chi connectivity index (χ2v) is 4.65. The molecule has 0 unspecified atom stereocenters. The van der Waals surface area contributed by atoms with Gasteiger partial charge in [0.1, 0.15) is 11.3 Å². The number of amidine groups is 1. The van der Waals surface area contributed by atoms with E-state index in [9.17, 15) is 0 Å². The van der Waals surface area contributed by atoms with Crippen molar-refractivity contribution < 1.29 is 9.62 Å². The minimum Gasteiger partial charge on any atom is -0.439 e. The van der Waals surface area contributed by atoms with Crippen LogP contribution in [0.1, 0.15) is 17.0 Å². The molecule has 0 radical (unpaired) electrons. The van der Waals surface area contributed by atoms with Gasteiger partial charge in [-0.25, -0.2) is 9.97 Å². The standard InChI is InChI=1S/C11H12N4O2S/c1-6-3-8(10(12)15-16)4-9(13-6)18-11-14-7(2)5-17-11/h3-5,16H,1-2H3,(H2,12,15). The van der Waals surface area contributed by atoms with E-state index < -0.39 is 0 Å². The van der Waals surface area contributed by atoms with Crippen molar-refractivity contribution >= 4 is 17.6 Å². The van der Waals surface area contributed by atoms with E-state index in [1.807, 2.05) is 13.8 Å². The van der Waals surface area contributed by atoms with Gasteiger partial charge in [-0.3, -0.25) is 0 Å². The van der Waals surface area contributed by atoms with Gasteiger partial charge in [0.05, 0.1) is 5.69 Å². The molecule has 2 rings (SSSR count). The molecule has 0 aliphatic heterocycles. The van der Waals surface area contributed by atoms with Crippen molar-refractivity contribution in [2.75, 3.05) is 0 Å². The summed E-state index contributed by atoms with van der Waals surface area (Å²) in [5, 5.41) is 12.8. The largest absolute Gasteiger partial charge is 0.439 e. The third kappa shape index (κ3) is 2.80. The number of rotatable bonds is 3. The number of oxime groups is 1. The number of pyridine rings is 1. The maximum Gasteiger partial charge on any atom is 0.262 e. The molecule has 0 spiro atoms. The lowest BCUT2D eigenvalue weighted by atomic mass is 10.2. The van der Waals surface area contributed by atoms with Gasteiger partial charge in [0.15, 0.2) is 5.84 Å². The van der Waals surface area contributed by atoms with E-state index in [-0.39, 0.29) is 5.84 Å². The second kappa shape index (κ2) is 5.09. The Kier molecular flexibility index (Phi) is 3.52. The first kappa shape index (κ1) is 12.4. The van der Waals surface area contributed by atoms with E-state index in [4.69, 9.17) is 15.4 Å². The molecule has 0 aliphatic carbocycles. The van der Waals surface area contributed by atoms with Gasteiger partial charge in [-0.15, -0.1) is 0 Å². The summed E-state index contributed by atoms with van der Waals surface area (Å²) >= 11 is 1.28. The molecule has 3 N–H and O–H groups in total. The lowest BCUT2D eigenvalue weighted by Crippen LogP contribution is -2.13. The zero-order valence-electron chi connectivity index (χ0n) is 9.91. The van der Waals surface area contributed by atoms with Crippen LogP contribution in [0.15, 0.2) is 38.2 Å². The number of hydrogen-bond acceptors (Lipinski definition) is 6. The van der Waals surface area contributed by atoms with Crippen molar-refractivity contribution in [1.82, 2.24) is 9.97 Å². The number of nitrogens with zero attached hydrogens (tertiary/aromatic N) is 3. The Hall–Kier alpha value is -2.02. The zero-order valence-corrected chi connectivity index (χ0v) is 10.7. The zero-order chi connectivity index (χ0) is 13.1. The molecule has 0 aromatic carbocycles. The van der Waals surface area contributed by atoms with Gasteiger partial charge in [0.2, 0.25) is 0 Å². The molecule has 2 aromatic heterocycles. The highest BCUT2D eigenvalue weighted by Gasteiger charge is 2.09. The molecule has 2 heterocycles. The van der Waals surface area contributed by atoms with Crippen LogP contribution in [-0.4, -0.2) is 21.0 Å². The monoisotopic (exact) mass is 264 g/mol. The second-order valence-electron chi connectivity index (χ2n) is 3.68.